The van der Waals surface area contributed by atoms with Crippen molar-refractivity contribution < 1.29 is 9.53 Å². The first-order valence-corrected chi connectivity index (χ1v) is 11.5. The molecule has 0 unspecified atom stereocenters. The molecule has 0 aromatic heterocycles. The first-order valence-electron chi connectivity index (χ1n) is 11.1. The predicted octanol–water partition coefficient (Wildman–Crippen LogP) is 5.49. The molecule has 5 heteroatoms. The quantitative estimate of drug-likeness (QED) is 0.568. The summed E-state index contributed by atoms with van der Waals surface area (Å²) < 4.78 is 6.39. The Morgan fingerprint density at radius 1 is 1.06 bits per heavy atom. The third-order valence-electron chi connectivity index (χ3n) is 5.61. The van der Waals surface area contributed by atoms with Gasteiger partial charge in [0.05, 0.1) is 12.7 Å². The molecular weight excluding hydrogens is 408 g/mol. The van der Waals surface area contributed by atoms with Crippen molar-refractivity contribution in [1.82, 2.24) is 9.80 Å². The molecule has 1 heterocycles. The van der Waals surface area contributed by atoms with E-state index in [-0.39, 0.29) is 17.4 Å². The summed E-state index contributed by atoms with van der Waals surface area (Å²) in [6.07, 6.45) is 0.551. The zero-order valence-corrected chi connectivity index (χ0v) is 20.0. The van der Waals surface area contributed by atoms with E-state index in [1.807, 2.05) is 29.2 Å². The number of benzene rings is 2. The molecule has 2 aromatic rings. The van der Waals surface area contributed by atoms with Gasteiger partial charge in [-0.3, -0.25) is 9.69 Å². The molecule has 1 fully saturated rings. The maximum absolute atomic E-state index is 12.6. The largest absolute Gasteiger partial charge is 0.368 e. The Hall–Kier alpha value is -1.88. The Morgan fingerprint density at radius 2 is 1.74 bits per heavy atom. The number of rotatable bonds is 7. The minimum atomic E-state index is -0.0467. The van der Waals surface area contributed by atoms with E-state index in [9.17, 15) is 4.79 Å². The van der Waals surface area contributed by atoms with Crippen molar-refractivity contribution in [3.63, 3.8) is 0 Å². The van der Waals surface area contributed by atoms with Crippen molar-refractivity contribution >= 4 is 17.5 Å². The van der Waals surface area contributed by atoms with Gasteiger partial charge in [-0.25, -0.2) is 0 Å². The van der Waals surface area contributed by atoms with Gasteiger partial charge in [0, 0.05) is 44.2 Å². The van der Waals surface area contributed by atoms with Gasteiger partial charge in [0.1, 0.15) is 0 Å². The lowest BCUT2D eigenvalue weighted by Crippen LogP contribution is -2.50. The van der Waals surface area contributed by atoms with Crippen LogP contribution in [-0.4, -0.2) is 48.4 Å². The van der Waals surface area contributed by atoms with Crippen molar-refractivity contribution in [2.24, 2.45) is 5.41 Å². The molecule has 4 nitrogen and oxygen atoms in total. The molecule has 1 atom stereocenters. The van der Waals surface area contributed by atoms with Crippen molar-refractivity contribution in [3.8, 4) is 0 Å². The van der Waals surface area contributed by atoms with Gasteiger partial charge in [-0.1, -0.05) is 74.3 Å². The molecule has 2 aromatic carbocycles. The number of carbonyl (C=O) groups excluding carboxylic acids is 1. The van der Waals surface area contributed by atoms with E-state index >= 15 is 0 Å². The zero-order valence-electron chi connectivity index (χ0n) is 19.2. The van der Waals surface area contributed by atoms with Crippen LogP contribution >= 0.6 is 11.6 Å². The number of halogens is 1. The number of hydrogen-bond donors (Lipinski definition) is 0. The molecule has 0 aliphatic carbocycles. The van der Waals surface area contributed by atoms with Gasteiger partial charge in [0.25, 0.3) is 0 Å². The topological polar surface area (TPSA) is 32.8 Å². The highest BCUT2D eigenvalue weighted by Crippen LogP contribution is 2.24. The Balaban J connectivity index is 1.61. The number of aryl methyl sites for hydroxylation is 1. The van der Waals surface area contributed by atoms with Crippen molar-refractivity contribution in [3.05, 3.63) is 70.2 Å². The van der Waals surface area contributed by atoms with E-state index in [0.717, 1.165) is 43.3 Å². The minimum absolute atomic E-state index is 0.0253. The maximum atomic E-state index is 12.6. The number of ether oxygens (including phenoxy) is 1. The lowest BCUT2D eigenvalue weighted by Gasteiger charge is -2.37. The van der Waals surface area contributed by atoms with E-state index in [2.05, 4.69) is 56.9 Å². The van der Waals surface area contributed by atoms with Crippen molar-refractivity contribution in [1.29, 1.82) is 0 Å². The highest BCUT2D eigenvalue weighted by Gasteiger charge is 2.26. The smallest absolute Gasteiger partial charge is 0.223 e. The van der Waals surface area contributed by atoms with Gasteiger partial charge >= 0.3 is 0 Å². The average molecular weight is 443 g/mol. The standard InChI is InChI=1S/C26H35ClN2O2/c1-20-6-5-7-21(16-20)19-31-24(22-8-10-23(27)11-9-22)18-28-12-14-29(15-13-28)25(30)17-26(2,3)4/h5-11,16,24H,12-15,17-19H2,1-4H3/t24-/m1/s1. The molecule has 0 bridgehead atoms. The number of carbonyl (C=O) groups is 1. The van der Waals surface area contributed by atoms with Gasteiger partial charge in [-0.15, -0.1) is 0 Å². The first kappa shape index (κ1) is 23.8. The van der Waals surface area contributed by atoms with Crippen LogP contribution in [0.3, 0.4) is 0 Å². The van der Waals surface area contributed by atoms with Crippen LogP contribution in [0.15, 0.2) is 48.5 Å². The van der Waals surface area contributed by atoms with E-state index in [1.54, 1.807) is 0 Å². The third kappa shape index (κ3) is 7.64. The van der Waals surface area contributed by atoms with E-state index in [4.69, 9.17) is 16.3 Å². The Morgan fingerprint density at radius 3 is 2.35 bits per heavy atom. The van der Waals surface area contributed by atoms with Crippen molar-refractivity contribution in [2.45, 2.75) is 46.8 Å². The van der Waals surface area contributed by atoms with Gasteiger partial charge in [0.15, 0.2) is 0 Å². The summed E-state index contributed by atoms with van der Waals surface area (Å²) in [5.41, 5.74) is 3.57. The van der Waals surface area contributed by atoms with Gasteiger partial charge in [-0.2, -0.15) is 0 Å². The number of hydrogen-bond acceptors (Lipinski definition) is 3. The Kier molecular flexibility index (Phi) is 8.15. The van der Waals surface area contributed by atoms with Crippen LogP contribution < -0.4 is 0 Å². The fraction of sp³-hybridized carbons (Fsp3) is 0.500. The van der Waals surface area contributed by atoms with E-state index in [0.29, 0.717) is 13.0 Å². The molecule has 0 N–H and O–H groups in total. The Labute approximate surface area is 192 Å². The Bertz CT molecular complexity index is 852. The first-order chi connectivity index (χ1) is 14.7. The lowest BCUT2D eigenvalue weighted by molar-refractivity contribution is -0.135. The molecule has 0 radical (unpaired) electrons. The van der Waals surface area contributed by atoms with Gasteiger partial charge in [0.2, 0.25) is 5.91 Å². The summed E-state index contributed by atoms with van der Waals surface area (Å²) in [7, 11) is 0. The van der Waals surface area contributed by atoms with Crippen LogP contribution in [0.1, 0.15) is 50.0 Å². The van der Waals surface area contributed by atoms with Gasteiger partial charge in [-0.05, 0) is 35.6 Å². The average Bonchev–Trinajstić information content (AvgIpc) is 2.71. The normalized spacial score (nSPS) is 16.4. The molecule has 0 spiro atoms. The molecular formula is C26H35ClN2O2. The fourth-order valence-corrected chi connectivity index (χ4v) is 4.04. The third-order valence-corrected chi connectivity index (χ3v) is 5.86. The summed E-state index contributed by atoms with van der Waals surface area (Å²) in [5, 5.41) is 0.729. The molecule has 31 heavy (non-hydrogen) atoms. The summed E-state index contributed by atoms with van der Waals surface area (Å²) in [6.45, 7) is 13.1. The van der Waals surface area contributed by atoms with Crippen molar-refractivity contribution in [2.75, 3.05) is 32.7 Å². The van der Waals surface area contributed by atoms with Crippen LogP contribution in [-0.2, 0) is 16.1 Å². The van der Waals surface area contributed by atoms with Crippen LogP contribution in [0.4, 0.5) is 0 Å². The van der Waals surface area contributed by atoms with Gasteiger partial charge < -0.3 is 9.64 Å². The van der Waals surface area contributed by atoms with Crippen LogP contribution in [0, 0.1) is 12.3 Å². The second kappa shape index (κ2) is 10.6. The molecule has 168 valence electrons. The monoisotopic (exact) mass is 442 g/mol. The van der Waals surface area contributed by atoms with Crippen LogP contribution in [0.25, 0.3) is 0 Å². The fourth-order valence-electron chi connectivity index (χ4n) is 3.91. The summed E-state index contributed by atoms with van der Waals surface area (Å²) >= 11 is 6.10. The second-order valence-corrected chi connectivity index (χ2v) is 10.2. The minimum Gasteiger partial charge on any atom is -0.368 e. The highest BCUT2D eigenvalue weighted by molar-refractivity contribution is 6.30. The van der Waals surface area contributed by atoms with Crippen LogP contribution in [0.5, 0.6) is 0 Å². The van der Waals surface area contributed by atoms with Crippen LogP contribution in [0.2, 0.25) is 5.02 Å². The summed E-state index contributed by atoms with van der Waals surface area (Å²) in [4.78, 5) is 17.0. The summed E-state index contributed by atoms with van der Waals surface area (Å²) in [5.74, 6) is 0.261. The second-order valence-electron chi connectivity index (χ2n) is 9.76. The molecule has 1 amide bonds. The number of piperazine rings is 1. The molecule has 1 aliphatic rings. The predicted molar refractivity (Wildman–Crippen MR) is 127 cm³/mol. The van der Waals surface area contributed by atoms with E-state index < -0.39 is 0 Å². The summed E-state index contributed by atoms with van der Waals surface area (Å²) in [6, 6.07) is 16.4. The maximum Gasteiger partial charge on any atom is 0.223 e. The highest BCUT2D eigenvalue weighted by atomic mass is 35.5. The van der Waals surface area contributed by atoms with E-state index in [1.165, 1.54) is 11.1 Å². The SMILES string of the molecule is Cc1cccc(CO[C@H](CN2CCN(C(=O)CC(C)(C)C)CC2)c2ccc(Cl)cc2)c1. The number of nitrogens with zero attached hydrogens (tertiary/aromatic N) is 2. The molecule has 1 saturated heterocycles. The lowest BCUT2D eigenvalue weighted by atomic mass is 9.91. The zero-order chi connectivity index (χ0) is 22.4. The molecule has 0 saturated carbocycles. The molecule has 1 aliphatic heterocycles. The number of amides is 1. The molecule has 3 rings (SSSR count).